The average molecular weight is 206 g/mol. The summed E-state index contributed by atoms with van der Waals surface area (Å²) in [7, 11) is 0. The Kier molecular flexibility index (Phi) is 5.22. The molecule has 0 bridgehead atoms. The minimum absolute atomic E-state index is 0.265. The van der Waals surface area contributed by atoms with Crippen LogP contribution in [0.3, 0.4) is 0 Å². The number of aliphatic hydroxyl groups is 4. The Morgan fingerprint density at radius 2 is 1.36 bits per heavy atom. The Bertz CT molecular complexity index is 192. The summed E-state index contributed by atoms with van der Waals surface area (Å²) in [6.45, 7) is 4.41. The molecule has 0 saturated heterocycles. The van der Waals surface area contributed by atoms with E-state index in [1.807, 2.05) is 0 Å². The van der Waals surface area contributed by atoms with Gasteiger partial charge in [0.05, 0.1) is 6.10 Å². The molecule has 5 heteroatoms. The van der Waals surface area contributed by atoms with Crippen molar-refractivity contribution < 1.29 is 25.2 Å². The summed E-state index contributed by atoms with van der Waals surface area (Å²) < 4.78 is 0. The van der Waals surface area contributed by atoms with Crippen molar-refractivity contribution in [2.24, 2.45) is 5.92 Å². The third-order valence-electron chi connectivity index (χ3n) is 2.12. The van der Waals surface area contributed by atoms with Crippen LogP contribution in [0.1, 0.15) is 20.8 Å². The number of hydrogen-bond acceptors (Lipinski definition) is 5. The highest BCUT2D eigenvalue weighted by atomic mass is 16.4. The molecule has 0 heterocycles. The summed E-state index contributed by atoms with van der Waals surface area (Å²) in [5.41, 5.74) is 0. The van der Waals surface area contributed by atoms with Crippen LogP contribution in [0.15, 0.2) is 0 Å². The van der Waals surface area contributed by atoms with Gasteiger partial charge in [-0.25, -0.2) is 0 Å². The largest absolute Gasteiger partial charge is 0.390 e. The number of aliphatic hydroxyl groups excluding tert-OH is 4. The molecule has 5 nitrogen and oxygen atoms in total. The highest BCUT2D eigenvalue weighted by molar-refractivity contribution is 5.80. The van der Waals surface area contributed by atoms with Crippen LogP contribution in [0, 0.1) is 5.92 Å². The van der Waals surface area contributed by atoms with Gasteiger partial charge in [-0.1, -0.05) is 13.8 Å². The molecular formula is C9H18O5. The van der Waals surface area contributed by atoms with E-state index in [2.05, 4.69) is 0 Å². The van der Waals surface area contributed by atoms with E-state index < -0.39 is 30.2 Å². The number of ketones is 1. The maximum Gasteiger partial charge on any atom is 0.160 e. The van der Waals surface area contributed by atoms with Crippen molar-refractivity contribution in [3.63, 3.8) is 0 Å². The predicted molar refractivity (Wildman–Crippen MR) is 49.5 cm³/mol. The fourth-order valence-electron chi connectivity index (χ4n) is 1.02. The molecule has 4 atom stereocenters. The lowest BCUT2D eigenvalue weighted by atomic mass is 9.94. The zero-order valence-electron chi connectivity index (χ0n) is 8.58. The number of carbonyl (C=O) groups excluding carboxylic acids is 1. The molecule has 0 saturated carbocycles. The molecule has 14 heavy (non-hydrogen) atoms. The third-order valence-corrected chi connectivity index (χ3v) is 2.12. The lowest BCUT2D eigenvalue weighted by Crippen LogP contribution is -2.48. The van der Waals surface area contributed by atoms with E-state index in [0.717, 1.165) is 6.92 Å². The minimum Gasteiger partial charge on any atom is -0.390 e. The molecule has 4 unspecified atom stereocenters. The molecule has 0 fully saturated rings. The molecule has 0 aromatic heterocycles. The second kappa shape index (κ2) is 5.41. The van der Waals surface area contributed by atoms with Gasteiger partial charge in [0.1, 0.15) is 18.3 Å². The Morgan fingerprint density at radius 3 is 1.64 bits per heavy atom. The fourth-order valence-corrected chi connectivity index (χ4v) is 1.02. The van der Waals surface area contributed by atoms with E-state index in [-0.39, 0.29) is 5.92 Å². The lowest BCUT2D eigenvalue weighted by Gasteiger charge is -2.27. The van der Waals surface area contributed by atoms with Crippen LogP contribution in [0.4, 0.5) is 0 Å². The van der Waals surface area contributed by atoms with Crippen LogP contribution < -0.4 is 0 Å². The van der Waals surface area contributed by atoms with Crippen LogP contribution in [0.25, 0.3) is 0 Å². The van der Waals surface area contributed by atoms with E-state index in [9.17, 15) is 20.1 Å². The molecule has 0 aromatic carbocycles. The second-order valence-corrected chi connectivity index (χ2v) is 3.77. The van der Waals surface area contributed by atoms with Gasteiger partial charge in [0.2, 0.25) is 0 Å². The summed E-state index contributed by atoms with van der Waals surface area (Å²) >= 11 is 0. The van der Waals surface area contributed by atoms with Gasteiger partial charge in [0, 0.05) is 0 Å². The van der Waals surface area contributed by atoms with Crippen LogP contribution in [-0.2, 0) is 4.79 Å². The van der Waals surface area contributed by atoms with E-state index in [4.69, 9.17) is 5.11 Å². The lowest BCUT2D eigenvalue weighted by molar-refractivity contribution is -0.145. The quantitative estimate of drug-likeness (QED) is 0.447. The predicted octanol–water partition coefficient (Wildman–Crippen LogP) is -1.33. The Balaban J connectivity index is 4.37. The smallest absolute Gasteiger partial charge is 0.160 e. The maximum absolute atomic E-state index is 10.7. The SMILES string of the molecule is CC(=O)C(O)C(O)C(O)C(O)C(C)C. The third kappa shape index (κ3) is 3.34. The van der Waals surface area contributed by atoms with Crippen LogP contribution in [-0.4, -0.2) is 50.6 Å². The van der Waals surface area contributed by atoms with Gasteiger partial charge >= 0.3 is 0 Å². The first-order chi connectivity index (χ1) is 6.29. The topological polar surface area (TPSA) is 98.0 Å². The molecule has 0 aliphatic carbocycles. The van der Waals surface area contributed by atoms with Crippen molar-refractivity contribution in [2.45, 2.75) is 45.2 Å². The molecular weight excluding hydrogens is 188 g/mol. The summed E-state index contributed by atoms with van der Waals surface area (Å²) in [6, 6.07) is 0. The normalized spacial score (nSPS) is 20.3. The van der Waals surface area contributed by atoms with Crippen LogP contribution >= 0.6 is 0 Å². The molecule has 0 spiro atoms. The van der Waals surface area contributed by atoms with E-state index in [1.165, 1.54) is 0 Å². The van der Waals surface area contributed by atoms with Gasteiger partial charge in [0.25, 0.3) is 0 Å². The second-order valence-electron chi connectivity index (χ2n) is 3.77. The van der Waals surface area contributed by atoms with Crippen molar-refractivity contribution in [1.29, 1.82) is 0 Å². The number of rotatable bonds is 5. The summed E-state index contributed by atoms with van der Waals surface area (Å²) in [4.78, 5) is 10.7. The van der Waals surface area contributed by atoms with Gasteiger partial charge in [0.15, 0.2) is 5.78 Å². The first kappa shape index (κ1) is 13.5. The monoisotopic (exact) mass is 206 g/mol. The summed E-state index contributed by atoms with van der Waals surface area (Å²) in [6.07, 6.45) is -5.99. The van der Waals surface area contributed by atoms with Crippen molar-refractivity contribution in [2.75, 3.05) is 0 Å². The van der Waals surface area contributed by atoms with Gasteiger partial charge < -0.3 is 20.4 Å². The Labute approximate surface area is 83.0 Å². The molecule has 4 N–H and O–H groups in total. The first-order valence-corrected chi connectivity index (χ1v) is 4.51. The Morgan fingerprint density at radius 1 is 0.929 bits per heavy atom. The number of hydrogen-bond donors (Lipinski definition) is 4. The molecule has 0 aromatic rings. The summed E-state index contributed by atoms with van der Waals surface area (Å²) in [5.74, 6) is -0.911. The molecule has 84 valence electrons. The van der Waals surface area contributed by atoms with Gasteiger partial charge in [-0.05, 0) is 12.8 Å². The highest BCUT2D eigenvalue weighted by Crippen LogP contribution is 2.12. The molecule has 0 radical (unpaired) electrons. The molecule has 0 amide bonds. The van der Waals surface area contributed by atoms with Crippen molar-refractivity contribution in [1.82, 2.24) is 0 Å². The van der Waals surface area contributed by atoms with Crippen LogP contribution in [0.5, 0.6) is 0 Å². The number of Topliss-reactive ketones (excluding diaryl/α,β-unsaturated/α-hetero) is 1. The molecule has 0 aliphatic heterocycles. The minimum atomic E-state index is -1.65. The van der Waals surface area contributed by atoms with Crippen molar-refractivity contribution in [3.8, 4) is 0 Å². The zero-order chi connectivity index (χ0) is 11.5. The van der Waals surface area contributed by atoms with E-state index in [1.54, 1.807) is 13.8 Å². The number of carbonyl (C=O) groups is 1. The Hall–Kier alpha value is -0.490. The molecule has 0 rings (SSSR count). The maximum atomic E-state index is 10.7. The van der Waals surface area contributed by atoms with Gasteiger partial charge in [-0.3, -0.25) is 4.79 Å². The zero-order valence-corrected chi connectivity index (χ0v) is 8.58. The average Bonchev–Trinajstić information content (AvgIpc) is 2.12. The molecule has 0 aliphatic rings. The van der Waals surface area contributed by atoms with Crippen molar-refractivity contribution in [3.05, 3.63) is 0 Å². The first-order valence-electron chi connectivity index (χ1n) is 4.51. The standard InChI is InChI=1S/C9H18O5/c1-4(2)6(11)8(13)9(14)7(12)5(3)10/h4,6-9,11-14H,1-3H3. The van der Waals surface area contributed by atoms with Crippen molar-refractivity contribution >= 4 is 5.78 Å². The van der Waals surface area contributed by atoms with Gasteiger partial charge in [-0.15, -0.1) is 0 Å². The summed E-state index contributed by atoms with van der Waals surface area (Å²) in [5, 5.41) is 37.1. The van der Waals surface area contributed by atoms with E-state index in [0.29, 0.717) is 0 Å². The fraction of sp³-hybridized carbons (Fsp3) is 0.889. The van der Waals surface area contributed by atoms with Gasteiger partial charge in [-0.2, -0.15) is 0 Å². The van der Waals surface area contributed by atoms with Crippen LogP contribution in [0.2, 0.25) is 0 Å². The highest BCUT2D eigenvalue weighted by Gasteiger charge is 2.33. The van der Waals surface area contributed by atoms with E-state index >= 15 is 0 Å².